The second-order valence-corrected chi connectivity index (χ2v) is 2.82. The van der Waals surface area contributed by atoms with Gasteiger partial charge in [0.15, 0.2) is 0 Å². The lowest BCUT2D eigenvalue weighted by Crippen LogP contribution is -2.05. The molecule has 2 heterocycles. The van der Waals surface area contributed by atoms with Crippen LogP contribution >= 0.6 is 0 Å². The summed E-state index contributed by atoms with van der Waals surface area (Å²) in [6, 6.07) is 0. The van der Waals surface area contributed by atoms with E-state index in [-0.39, 0.29) is 35.7 Å². The summed E-state index contributed by atoms with van der Waals surface area (Å²) in [5, 5.41) is 0. The molecule has 12 nitrogen and oxygen atoms in total. The van der Waals surface area contributed by atoms with Gasteiger partial charge in [-0.2, -0.15) is 29.9 Å². The van der Waals surface area contributed by atoms with Crippen LogP contribution in [-0.2, 0) is 0 Å². The fraction of sp³-hybridized carbons (Fsp3) is 0. The van der Waals surface area contributed by atoms with Crippen LogP contribution < -0.4 is 34.4 Å². The Bertz CT molecular complexity index is 405. The average molecular weight is 280 g/mol. The van der Waals surface area contributed by atoms with E-state index in [9.17, 15) is 0 Å². The van der Waals surface area contributed by atoms with Crippen LogP contribution in [0.3, 0.4) is 0 Å². The molecule has 0 aliphatic carbocycles. The van der Waals surface area contributed by atoms with E-state index >= 15 is 0 Å². The number of rotatable bonds is 0. The smallest absolute Gasteiger partial charge is 0.226 e. The van der Waals surface area contributed by atoms with Crippen molar-refractivity contribution in [2.45, 2.75) is 0 Å². The zero-order chi connectivity index (χ0) is 15.7. The van der Waals surface area contributed by atoms with Gasteiger partial charge in [0.25, 0.3) is 0 Å². The zero-order valence-electron chi connectivity index (χ0n) is 10.6. The van der Waals surface area contributed by atoms with Crippen LogP contribution in [-0.4, -0.2) is 29.9 Å². The maximum atomic E-state index is 5.14. The summed E-state index contributed by atoms with van der Waals surface area (Å²) < 4.78 is 0. The number of nitrogens with zero attached hydrogens (tertiary/aromatic N) is 6. The van der Waals surface area contributed by atoms with Gasteiger partial charge in [0.05, 0.1) is 0 Å². The van der Waals surface area contributed by atoms with Crippen LogP contribution in [0.4, 0.5) is 35.7 Å². The van der Waals surface area contributed by atoms with E-state index in [2.05, 4.69) is 43.1 Å². The standard InChI is InChI=1S/2C3H6N6.C2H4/c2*4-1-7-2(5)9-3(6)8-1;1-2/h2*(H6,4,5,6,7,8,9);1-2H2. The lowest BCUT2D eigenvalue weighted by atomic mass is 10.9. The molecule has 0 amide bonds. The molecule has 2 rings (SSSR count). The Hall–Kier alpha value is -3.44. The van der Waals surface area contributed by atoms with Crippen LogP contribution in [0, 0.1) is 0 Å². The second kappa shape index (κ2) is 7.80. The van der Waals surface area contributed by atoms with Gasteiger partial charge in [-0.1, -0.05) is 0 Å². The number of hydrogen-bond acceptors (Lipinski definition) is 12. The van der Waals surface area contributed by atoms with Crippen LogP contribution in [0.25, 0.3) is 0 Å². The predicted octanol–water partition coefficient (Wildman–Crippen LogP) is -1.96. The molecule has 108 valence electrons. The van der Waals surface area contributed by atoms with Gasteiger partial charge in [-0.15, -0.1) is 13.2 Å². The Labute approximate surface area is 114 Å². The highest BCUT2D eigenvalue weighted by Crippen LogP contribution is 1.98. The van der Waals surface area contributed by atoms with Crippen molar-refractivity contribution in [2.24, 2.45) is 0 Å². The summed E-state index contributed by atoms with van der Waals surface area (Å²) in [6.45, 7) is 6.00. The van der Waals surface area contributed by atoms with Gasteiger partial charge < -0.3 is 34.4 Å². The summed E-state index contributed by atoms with van der Waals surface area (Å²) in [4.78, 5) is 20.9. The molecule has 20 heavy (non-hydrogen) atoms. The van der Waals surface area contributed by atoms with E-state index in [1.54, 1.807) is 0 Å². The number of nitrogen functional groups attached to an aromatic ring is 6. The molecule has 2 aromatic heterocycles. The van der Waals surface area contributed by atoms with Gasteiger partial charge in [0.2, 0.25) is 35.7 Å². The maximum absolute atomic E-state index is 5.14. The summed E-state index contributed by atoms with van der Waals surface area (Å²) in [5.74, 6) is 0.250. The highest BCUT2D eigenvalue weighted by atomic mass is 15.2. The van der Waals surface area contributed by atoms with Crippen molar-refractivity contribution in [3.05, 3.63) is 13.2 Å². The van der Waals surface area contributed by atoms with Crippen LogP contribution in [0.1, 0.15) is 0 Å². The van der Waals surface area contributed by atoms with Gasteiger partial charge in [-0.3, -0.25) is 0 Å². The molecule has 0 radical (unpaired) electrons. The zero-order valence-corrected chi connectivity index (χ0v) is 10.6. The van der Waals surface area contributed by atoms with Gasteiger partial charge in [-0.05, 0) is 0 Å². The van der Waals surface area contributed by atoms with Crippen LogP contribution in [0.5, 0.6) is 0 Å². The molecule has 0 fully saturated rings. The second-order valence-electron chi connectivity index (χ2n) is 2.82. The Morgan fingerprint density at radius 2 is 0.500 bits per heavy atom. The van der Waals surface area contributed by atoms with Gasteiger partial charge in [-0.25, -0.2) is 0 Å². The molecule has 12 heteroatoms. The van der Waals surface area contributed by atoms with Gasteiger partial charge in [0, 0.05) is 0 Å². The summed E-state index contributed by atoms with van der Waals surface area (Å²) in [7, 11) is 0. The predicted molar refractivity (Wildman–Crippen MR) is 77.4 cm³/mol. The van der Waals surface area contributed by atoms with Crippen LogP contribution in [0.15, 0.2) is 13.2 Å². The topological polar surface area (TPSA) is 233 Å². The lowest BCUT2D eigenvalue weighted by molar-refractivity contribution is 1.09. The number of anilines is 6. The minimum Gasteiger partial charge on any atom is -0.368 e. The van der Waals surface area contributed by atoms with Crippen LogP contribution in [0.2, 0.25) is 0 Å². The first-order valence-electron chi connectivity index (χ1n) is 4.92. The number of nitrogens with two attached hydrogens (primary N) is 6. The highest BCUT2D eigenvalue weighted by Gasteiger charge is 1.94. The molecule has 0 saturated carbocycles. The number of hydrogen-bond donors (Lipinski definition) is 6. The largest absolute Gasteiger partial charge is 0.368 e. The minimum atomic E-state index is 0.0417. The molecular formula is C8H16N12. The van der Waals surface area contributed by atoms with E-state index in [1.807, 2.05) is 0 Å². The lowest BCUT2D eigenvalue weighted by Gasteiger charge is -1.93. The molecule has 0 spiro atoms. The maximum Gasteiger partial charge on any atom is 0.226 e. The van der Waals surface area contributed by atoms with Gasteiger partial charge >= 0.3 is 0 Å². The van der Waals surface area contributed by atoms with Crippen molar-refractivity contribution < 1.29 is 0 Å². The molecule has 0 bridgehead atoms. The van der Waals surface area contributed by atoms with Gasteiger partial charge in [0.1, 0.15) is 0 Å². The molecule has 0 atom stereocenters. The van der Waals surface area contributed by atoms with E-state index < -0.39 is 0 Å². The van der Waals surface area contributed by atoms with E-state index in [4.69, 9.17) is 34.4 Å². The van der Waals surface area contributed by atoms with Crippen molar-refractivity contribution in [2.75, 3.05) is 34.4 Å². The Balaban J connectivity index is 0.000000321. The quantitative estimate of drug-likeness (QED) is 0.288. The normalized spacial score (nSPS) is 8.60. The van der Waals surface area contributed by atoms with E-state index in [0.717, 1.165) is 0 Å². The third-order valence-electron chi connectivity index (χ3n) is 1.37. The van der Waals surface area contributed by atoms with Crippen molar-refractivity contribution in [1.82, 2.24) is 29.9 Å². The third kappa shape index (κ3) is 6.33. The Kier molecular flexibility index (Phi) is 6.46. The molecule has 0 aromatic carbocycles. The van der Waals surface area contributed by atoms with Crippen molar-refractivity contribution in [3.63, 3.8) is 0 Å². The van der Waals surface area contributed by atoms with Crippen molar-refractivity contribution >= 4 is 35.7 Å². The molecule has 12 N–H and O–H groups in total. The fourth-order valence-electron chi connectivity index (χ4n) is 0.854. The molecule has 0 saturated heterocycles. The summed E-state index contributed by atoms with van der Waals surface area (Å²) >= 11 is 0. The van der Waals surface area contributed by atoms with Crippen molar-refractivity contribution in [3.8, 4) is 0 Å². The molecule has 0 unspecified atom stereocenters. The SMILES string of the molecule is C=C.Nc1nc(N)nc(N)n1.Nc1nc(N)nc(N)n1. The minimum absolute atomic E-state index is 0.0417. The first kappa shape index (κ1) is 16.6. The first-order chi connectivity index (χ1) is 9.36. The van der Waals surface area contributed by atoms with Crippen molar-refractivity contribution in [1.29, 1.82) is 0 Å². The third-order valence-corrected chi connectivity index (χ3v) is 1.37. The summed E-state index contributed by atoms with van der Waals surface area (Å²) in [5.41, 5.74) is 30.8. The Morgan fingerprint density at radius 1 is 0.400 bits per heavy atom. The highest BCUT2D eigenvalue weighted by molar-refractivity contribution is 5.33. The molecule has 0 aliphatic rings. The number of aromatic nitrogens is 6. The summed E-state index contributed by atoms with van der Waals surface area (Å²) in [6.07, 6.45) is 0. The molecular weight excluding hydrogens is 264 g/mol. The fourth-order valence-corrected chi connectivity index (χ4v) is 0.854. The average Bonchev–Trinajstić information content (AvgIpc) is 2.28. The molecule has 2 aromatic rings. The first-order valence-corrected chi connectivity index (χ1v) is 4.92. The Morgan fingerprint density at radius 3 is 0.600 bits per heavy atom. The molecule has 0 aliphatic heterocycles. The van der Waals surface area contributed by atoms with E-state index in [1.165, 1.54) is 0 Å². The van der Waals surface area contributed by atoms with E-state index in [0.29, 0.717) is 0 Å². The monoisotopic (exact) mass is 280 g/mol.